The molecule has 0 bridgehead atoms. The van der Waals surface area contributed by atoms with E-state index in [1.165, 1.54) is 0 Å². The maximum absolute atomic E-state index is 11.6. The fourth-order valence-electron chi connectivity index (χ4n) is 1.76. The summed E-state index contributed by atoms with van der Waals surface area (Å²) in [6, 6.07) is 0. The number of aliphatic hydroxyl groups is 1. The summed E-state index contributed by atoms with van der Waals surface area (Å²) in [6.07, 6.45) is 0.160. The van der Waals surface area contributed by atoms with E-state index >= 15 is 0 Å². The normalized spacial score (nSPS) is 20.5. The maximum atomic E-state index is 11.6. The molecule has 1 heterocycles. The Hall–Kier alpha value is -1.34. The van der Waals surface area contributed by atoms with Crippen molar-refractivity contribution >= 4 is 12.1 Å². The van der Waals surface area contributed by atoms with Crippen LogP contribution in [0.2, 0.25) is 0 Å². The lowest BCUT2D eigenvalue weighted by atomic mass is 10.2. The van der Waals surface area contributed by atoms with Crippen molar-refractivity contribution in [3.63, 3.8) is 0 Å². The van der Waals surface area contributed by atoms with Crippen LogP contribution >= 0.6 is 0 Å². The van der Waals surface area contributed by atoms with Gasteiger partial charge in [0.25, 0.3) is 0 Å². The average molecular weight is 303 g/mol. The third kappa shape index (κ3) is 7.87. The highest BCUT2D eigenvalue weighted by atomic mass is 16.7. The second kappa shape index (κ2) is 8.19. The number of amides is 1. The first kappa shape index (κ1) is 17.7. The molecule has 1 aliphatic rings. The number of alkyl carbamates (subject to hydrolysis) is 1. The van der Waals surface area contributed by atoms with Crippen LogP contribution in [-0.2, 0) is 19.0 Å². The van der Waals surface area contributed by atoms with Gasteiger partial charge in [-0.25, -0.2) is 9.59 Å². The summed E-state index contributed by atoms with van der Waals surface area (Å²) in [6.45, 7) is 5.94. The zero-order valence-corrected chi connectivity index (χ0v) is 12.9. The molecule has 122 valence electrons. The van der Waals surface area contributed by atoms with Crippen molar-refractivity contribution in [3.8, 4) is 0 Å². The van der Waals surface area contributed by atoms with Crippen LogP contribution in [0.4, 0.5) is 4.79 Å². The van der Waals surface area contributed by atoms with Crippen molar-refractivity contribution in [2.24, 2.45) is 0 Å². The minimum absolute atomic E-state index is 0.0603. The first-order valence-corrected chi connectivity index (χ1v) is 7.25. The highest BCUT2D eigenvalue weighted by molar-refractivity contribution is 5.74. The van der Waals surface area contributed by atoms with E-state index in [0.29, 0.717) is 13.0 Å². The van der Waals surface area contributed by atoms with Gasteiger partial charge >= 0.3 is 12.1 Å². The molecule has 0 saturated carbocycles. The molecular weight excluding hydrogens is 278 g/mol. The van der Waals surface area contributed by atoms with Crippen LogP contribution in [0, 0.1) is 0 Å². The fraction of sp³-hybridized carbons (Fsp3) is 0.857. The number of carbonyl (C=O) groups is 2. The van der Waals surface area contributed by atoms with Gasteiger partial charge < -0.3 is 24.6 Å². The molecule has 1 saturated heterocycles. The SMILES string of the molecule is CC(C)(C)OC(=O)NCC[C@H](O)C(=O)OC1CCCCO1. The van der Waals surface area contributed by atoms with E-state index in [1.54, 1.807) is 20.8 Å². The molecule has 21 heavy (non-hydrogen) atoms. The number of rotatable bonds is 5. The van der Waals surface area contributed by atoms with Gasteiger partial charge in [0.05, 0.1) is 6.61 Å². The average Bonchev–Trinajstić information content (AvgIpc) is 2.37. The lowest BCUT2D eigenvalue weighted by molar-refractivity contribution is -0.195. The molecule has 1 fully saturated rings. The Bertz CT molecular complexity index is 346. The largest absolute Gasteiger partial charge is 0.444 e. The molecule has 0 aliphatic carbocycles. The van der Waals surface area contributed by atoms with Gasteiger partial charge in [-0.05, 0) is 33.6 Å². The Kier molecular flexibility index (Phi) is 6.91. The van der Waals surface area contributed by atoms with Gasteiger partial charge in [-0.1, -0.05) is 0 Å². The van der Waals surface area contributed by atoms with Crippen LogP contribution in [0.3, 0.4) is 0 Å². The number of hydrogen-bond donors (Lipinski definition) is 2. The number of esters is 1. The molecule has 0 aromatic carbocycles. The maximum Gasteiger partial charge on any atom is 0.407 e. The molecule has 0 radical (unpaired) electrons. The topological polar surface area (TPSA) is 94.1 Å². The molecule has 0 aromatic rings. The van der Waals surface area contributed by atoms with Crippen molar-refractivity contribution in [2.45, 2.75) is 64.4 Å². The Morgan fingerprint density at radius 2 is 2.10 bits per heavy atom. The Balaban J connectivity index is 2.18. The first-order chi connectivity index (χ1) is 9.78. The van der Waals surface area contributed by atoms with Gasteiger partial charge in [0.15, 0.2) is 6.10 Å². The second-order valence-corrected chi connectivity index (χ2v) is 5.97. The molecular formula is C14H25NO6. The lowest BCUT2D eigenvalue weighted by Gasteiger charge is -2.23. The molecule has 1 rings (SSSR count). The van der Waals surface area contributed by atoms with Crippen molar-refractivity contribution in [3.05, 3.63) is 0 Å². The quantitative estimate of drug-likeness (QED) is 0.744. The third-order valence-electron chi connectivity index (χ3n) is 2.74. The van der Waals surface area contributed by atoms with Crippen LogP contribution in [0.1, 0.15) is 46.5 Å². The molecule has 7 heteroatoms. The molecule has 1 unspecified atom stereocenters. The van der Waals surface area contributed by atoms with E-state index in [4.69, 9.17) is 14.2 Å². The van der Waals surface area contributed by atoms with Crippen LogP contribution in [0.15, 0.2) is 0 Å². The van der Waals surface area contributed by atoms with Gasteiger partial charge in [0, 0.05) is 19.4 Å². The van der Waals surface area contributed by atoms with E-state index in [2.05, 4.69) is 5.32 Å². The molecule has 1 amide bonds. The summed E-state index contributed by atoms with van der Waals surface area (Å²) in [5.41, 5.74) is -0.583. The summed E-state index contributed by atoms with van der Waals surface area (Å²) in [7, 11) is 0. The van der Waals surface area contributed by atoms with Crippen LogP contribution in [0.25, 0.3) is 0 Å². The second-order valence-electron chi connectivity index (χ2n) is 5.97. The van der Waals surface area contributed by atoms with E-state index < -0.39 is 30.1 Å². The number of hydrogen-bond acceptors (Lipinski definition) is 6. The zero-order valence-electron chi connectivity index (χ0n) is 12.9. The Morgan fingerprint density at radius 3 is 2.67 bits per heavy atom. The fourth-order valence-corrected chi connectivity index (χ4v) is 1.76. The van der Waals surface area contributed by atoms with Gasteiger partial charge in [-0.3, -0.25) is 0 Å². The lowest BCUT2D eigenvalue weighted by Crippen LogP contribution is -2.36. The molecule has 2 atom stereocenters. The van der Waals surface area contributed by atoms with Crippen molar-refractivity contribution < 1.29 is 28.9 Å². The third-order valence-corrected chi connectivity index (χ3v) is 2.74. The molecule has 0 aromatic heterocycles. The summed E-state index contributed by atoms with van der Waals surface area (Å²) >= 11 is 0. The predicted molar refractivity (Wildman–Crippen MR) is 74.5 cm³/mol. The van der Waals surface area contributed by atoms with Crippen LogP contribution in [-0.4, -0.2) is 48.3 Å². The smallest absolute Gasteiger partial charge is 0.407 e. The van der Waals surface area contributed by atoms with Crippen molar-refractivity contribution in [1.29, 1.82) is 0 Å². The standard InChI is InChI=1S/C14H25NO6/c1-14(2,3)21-13(18)15-8-7-10(16)12(17)20-11-6-4-5-9-19-11/h10-11,16H,4-9H2,1-3H3,(H,15,18)/t10-,11?/m0/s1. The minimum Gasteiger partial charge on any atom is -0.444 e. The van der Waals surface area contributed by atoms with Crippen molar-refractivity contribution in [1.82, 2.24) is 5.32 Å². The van der Waals surface area contributed by atoms with Gasteiger partial charge in [0.1, 0.15) is 5.60 Å². The monoisotopic (exact) mass is 303 g/mol. The zero-order chi connectivity index (χ0) is 15.9. The highest BCUT2D eigenvalue weighted by Gasteiger charge is 2.23. The Labute approximate surface area is 124 Å². The molecule has 1 aliphatic heterocycles. The van der Waals surface area contributed by atoms with Gasteiger partial charge in [0.2, 0.25) is 6.29 Å². The Morgan fingerprint density at radius 1 is 1.38 bits per heavy atom. The summed E-state index contributed by atoms with van der Waals surface area (Å²) < 4.78 is 15.3. The van der Waals surface area contributed by atoms with Crippen LogP contribution in [0.5, 0.6) is 0 Å². The van der Waals surface area contributed by atoms with E-state index in [0.717, 1.165) is 12.8 Å². The van der Waals surface area contributed by atoms with E-state index in [9.17, 15) is 14.7 Å². The minimum atomic E-state index is -1.29. The predicted octanol–water partition coefficient (Wildman–Crippen LogP) is 1.33. The van der Waals surface area contributed by atoms with Gasteiger partial charge in [-0.15, -0.1) is 0 Å². The summed E-state index contributed by atoms with van der Waals surface area (Å²) in [4.78, 5) is 23.0. The number of aliphatic hydroxyl groups excluding tert-OH is 1. The van der Waals surface area contributed by atoms with Crippen molar-refractivity contribution in [2.75, 3.05) is 13.2 Å². The molecule has 0 spiro atoms. The van der Waals surface area contributed by atoms with E-state index in [1.807, 2.05) is 0 Å². The summed E-state index contributed by atoms with van der Waals surface area (Å²) in [5, 5.41) is 12.1. The van der Waals surface area contributed by atoms with Crippen LogP contribution < -0.4 is 5.32 Å². The van der Waals surface area contributed by atoms with Gasteiger partial charge in [-0.2, -0.15) is 0 Å². The molecule has 2 N–H and O–H groups in total. The highest BCUT2D eigenvalue weighted by Crippen LogP contribution is 2.14. The number of nitrogens with one attached hydrogen (secondary N) is 1. The summed E-state index contributed by atoms with van der Waals surface area (Å²) in [5.74, 6) is -0.729. The molecule has 7 nitrogen and oxygen atoms in total. The van der Waals surface area contributed by atoms with E-state index in [-0.39, 0.29) is 13.0 Å². The first-order valence-electron chi connectivity index (χ1n) is 7.25. The number of ether oxygens (including phenoxy) is 3. The number of carbonyl (C=O) groups excluding carboxylic acids is 2.